The predicted octanol–water partition coefficient (Wildman–Crippen LogP) is 2.44. The summed E-state index contributed by atoms with van der Waals surface area (Å²) in [6.07, 6.45) is 0.245. The summed E-state index contributed by atoms with van der Waals surface area (Å²) in [4.78, 5) is 12.6. The van der Waals surface area contributed by atoms with Crippen LogP contribution in [0.2, 0.25) is 0 Å². The number of hydrogen-bond acceptors (Lipinski definition) is 4. The summed E-state index contributed by atoms with van der Waals surface area (Å²) in [7, 11) is -3.52. The molecule has 0 bridgehead atoms. The number of carbonyl (C=O) groups excluding carboxylic acids is 1. The lowest BCUT2D eigenvalue weighted by Crippen LogP contribution is -2.51. The number of nitrogens with one attached hydrogen (secondary N) is 1. The zero-order chi connectivity index (χ0) is 19.6. The van der Waals surface area contributed by atoms with Crippen LogP contribution in [0.5, 0.6) is 5.75 Å². The molecule has 0 unspecified atom stereocenters. The van der Waals surface area contributed by atoms with Crippen LogP contribution >= 0.6 is 0 Å². The highest BCUT2D eigenvalue weighted by Crippen LogP contribution is 2.35. The summed E-state index contributed by atoms with van der Waals surface area (Å²) in [5.74, 6) is 0.214. The molecule has 0 radical (unpaired) electrons. The lowest BCUT2D eigenvalue weighted by atomic mass is 10.0. The highest BCUT2D eigenvalue weighted by molar-refractivity contribution is 7.92. The van der Waals surface area contributed by atoms with Crippen molar-refractivity contribution in [1.29, 1.82) is 0 Å². The molecule has 6 nitrogen and oxygen atoms in total. The summed E-state index contributed by atoms with van der Waals surface area (Å²) in [5, 5.41) is 2.88. The SMILES string of the molecule is Cc1ccc2c(c1)N(S(C)(=O)=O)C[C@@H](C(=O)NC[C@H](C)c1ccccc1)O2. The van der Waals surface area contributed by atoms with E-state index in [-0.39, 0.29) is 18.4 Å². The number of nitrogens with zero attached hydrogens (tertiary/aromatic N) is 1. The van der Waals surface area contributed by atoms with E-state index in [9.17, 15) is 13.2 Å². The first-order valence-corrected chi connectivity index (χ1v) is 10.7. The van der Waals surface area contributed by atoms with E-state index in [1.807, 2.05) is 50.2 Å². The van der Waals surface area contributed by atoms with Gasteiger partial charge in [0.15, 0.2) is 6.10 Å². The molecular weight excluding hydrogens is 364 g/mol. The van der Waals surface area contributed by atoms with Gasteiger partial charge in [-0.05, 0) is 36.1 Å². The van der Waals surface area contributed by atoms with Gasteiger partial charge in [0.05, 0.1) is 18.5 Å². The van der Waals surface area contributed by atoms with E-state index in [4.69, 9.17) is 4.74 Å². The van der Waals surface area contributed by atoms with Crippen molar-refractivity contribution in [2.24, 2.45) is 0 Å². The number of aryl methyl sites for hydroxylation is 1. The number of benzene rings is 2. The molecule has 0 saturated heterocycles. The Bertz CT molecular complexity index is 928. The number of carbonyl (C=O) groups is 1. The first-order valence-electron chi connectivity index (χ1n) is 8.83. The van der Waals surface area contributed by atoms with Crippen molar-refractivity contribution < 1.29 is 17.9 Å². The van der Waals surface area contributed by atoms with E-state index in [2.05, 4.69) is 5.32 Å². The van der Waals surface area contributed by atoms with Crippen LogP contribution in [0.1, 0.15) is 24.0 Å². The molecule has 3 rings (SSSR count). The zero-order valence-corrected chi connectivity index (χ0v) is 16.5. The highest BCUT2D eigenvalue weighted by Gasteiger charge is 2.35. The van der Waals surface area contributed by atoms with E-state index in [1.54, 1.807) is 12.1 Å². The van der Waals surface area contributed by atoms with Gasteiger partial charge < -0.3 is 10.1 Å². The smallest absolute Gasteiger partial charge is 0.263 e. The van der Waals surface area contributed by atoms with Crippen LogP contribution in [0, 0.1) is 6.92 Å². The van der Waals surface area contributed by atoms with Gasteiger partial charge in [-0.25, -0.2) is 8.42 Å². The molecule has 27 heavy (non-hydrogen) atoms. The van der Waals surface area contributed by atoms with Crippen LogP contribution in [0.3, 0.4) is 0 Å². The van der Waals surface area contributed by atoms with E-state index >= 15 is 0 Å². The molecule has 0 aromatic heterocycles. The van der Waals surface area contributed by atoms with Gasteiger partial charge in [-0.1, -0.05) is 43.3 Å². The lowest BCUT2D eigenvalue weighted by molar-refractivity contribution is -0.127. The highest BCUT2D eigenvalue weighted by atomic mass is 32.2. The Morgan fingerprint density at radius 2 is 1.96 bits per heavy atom. The summed E-state index contributed by atoms with van der Waals surface area (Å²) >= 11 is 0. The minimum atomic E-state index is -3.52. The van der Waals surface area contributed by atoms with Crippen molar-refractivity contribution in [3.05, 3.63) is 59.7 Å². The number of rotatable bonds is 5. The number of sulfonamides is 1. The normalized spacial score (nSPS) is 17.6. The molecule has 144 valence electrons. The summed E-state index contributed by atoms with van der Waals surface area (Å²) in [5.41, 5.74) is 2.52. The topological polar surface area (TPSA) is 75.7 Å². The van der Waals surface area contributed by atoms with Gasteiger partial charge >= 0.3 is 0 Å². The second-order valence-corrected chi connectivity index (χ2v) is 8.84. The van der Waals surface area contributed by atoms with Crippen molar-refractivity contribution in [2.75, 3.05) is 23.7 Å². The molecule has 1 N–H and O–H groups in total. The van der Waals surface area contributed by atoms with Gasteiger partial charge in [0, 0.05) is 6.54 Å². The molecule has 1 amide bonds. The molecule has 0 aliphatic carbocycles. The summed E-state index contributed by atoms with van der Waals surface area (Å²) < 4.78 is 31.5. The average Bonchev–Trinajstić information content (AvgIpc) is 2.64. The summed E-state index contributed by atoms with van der Waals surface area (Å²) in [6, 6.07) is 15.2. The first-order chi connectivity index (χ1) is 12.8. The van der Waals surface area contributed by atoms with Crippen LogP contribution in [-0.4, -0.2) is 39.8 Å². The van der Waals surface area contributed by atoms with E-state index in [1.165, 1.54) is 4.31 Å². The molecule has 0 spiro atoms. The third-order valence-corrected chi connectivity index (χ3v) is 5.77. The molecule has 2 aromatic carbocycles. The Labute approximate surface area is 160 Å². The molecule has 1 aliphatic rings. The van der Waals surface area contributed by atoms with E-state index in [0.717, 1.165) is 17.4 Å². The third kappa shape index (κ3) is 4.42. The molecule has 2 aromatic rings. The molecule has 0 saturated carbocycles. The number of fused-ring (bicyclic) bond motifs is 1. The van der Waals surface area contributed by atoms with Gasteiger partial charge in [0.25, 0.3) is 5.91 Å². The monoisotopic (exact) mass is 388 g/mol. The second kappa shape index (κ2) is 7.60. The fourth-order valence-electron chi connectivity index (χ4n) is 3.08. The summed E-state index contributed by atoms with van der Waals surface area (Å²) in [6.45, 7) is 4.31. The van der Waals surface area contributed by atoms with Gasteiger partial charge in [-0.2, -0.15) is 0 Å². The maximum absolute atomic E-state index is 12.6. The number of hydrogen-bond donors (Lipinski definition) is 1. The first kappa shape index (κ1) is 19.2. The molecule has 7 heteroatoms. The van der Waals surface area contributed by atoms with Crippen LogP contribution in [-0.2, 0) is 14.8 Å². The van der Waals surface area contributed by atoms with Crippen LogP contribution < -0.4 is 14.4 Å². The Morgan fingerprint density at radius 1 is 1.26 bits per heavy atom. The minimum absolute atomic E-state index is 0.0408. The lowest BCUT2D eigenvalue weighted by Gasteiger charge is -2.34. The minimum Gasteiger partial charge on any atom is -0.476 e. The molecule has 0 fully saturated rings. The van der Waals surface area contributed by atoms with Gasteiger partial charge in [0.1, 0.15) is 5.75 Å². The van der Waals surface area contributed by atoms with E-state index < -0.39 is 16.1 Å². The molecular formula is C20H24N2O4S. The average molecular weight is 388 g/mol. The fraction of sp³-hybridized carbons (Fsp3) is 0.350. The van der Waals surface area contributed by atoms with Crippen molar-refractivity contribution in [3.8, 4) is 5.75 Å². The Balaban J connectivity index is 1.73. The standard InChI is InChI=1S/C20H24N2O4S/c1-14-9-10-18-17(11-14)22(27(3,24)25)13-19(26-18)20(23)21-12-15(2)16-7-5-4-6-8-16/h4-11,15,19H,12-13H2,1-3H3,(H,21,23)/t15-,19-/m0/s1. The zero-order valence-electron chi connectivity index (χ0n) is 15.7. The van der Waals surface area contributed by atoms with Gasteiger partial charge in [0.2, 0.25) is 10.0 Å². The van der Waals surface area contributed by atoms with Crippen molar-refractivity contribution >= 4 is 21.6 Å². The maximum atomic E-state index is 12.6. The number of ether oxygens (including phenoxy) is 1. The molecule has 1 aliphatic heterocycles. The second-order valence-electron chi connectivity index (χ2n) is 6.93. The number of anilines is 1. The Kier molecular flexibility index (Phi) is 5.41. The van der Waals surface area contributed by atoms with Gasteiger partial charge in [-0.3, -0.25) is 9.10 Å². The number of amides is 1. The van der Waals surface area contributed by atoms with Gasteiger partial charge in [-0.15, -0.1) is 0 Å². The molecule has 1 heterocycles. The quantitative estimate of drug-likeness (QED) is 0.854. The maximum Gasteiger partial charge on any atom is 0.263 e. The third-order valence-electron chi connectivity index (χ3n) is 4.63. The van der Waals surface area contributed by atoms with E-state index in [0.29, 0.717) is 18.0 Å². The van der Waals surface area contributed by atoms with Crippen molar-refractivity contribution in [3.63, 3.8) is 0 Å². The Hall–Kier alpha value is -2.54. The largest absolute Gasteiger partial charge is 0.476 e. The van der Waals surface area contributed by atoms with Crippen LogP contribution in [0.25, 0.3) is 0 Å². The fourth-order valence-corrected chi connectivity index (χ4v) is 3.99. The van der Waals surface area contributed by atoms with Crippen molar-refractivity contribution in [2.45, 2.75) is 25.9 Å². The van der Waals surface area contributed by atoms with Crippen molar-refractivity contribution in [1.82, 2.24) is 5.32 Å². The Morgan fingerprint density at radius 3 is 2.63 bits per heavy atom. The van der Waals surface area contributed by atoms with Crippen LogP contribution in [0.15, 0.2) is 48.5 Å². The van der Waals surface area contributed by atoms with Crippen LogP contribution in [0.4, 0.5) is 5.69 Å². The molecule has 2 atom stereocenters. The predicted molar refractivity (Wildman–Crippen MR) is 106 cm³/mol.